The first kappa shape index (κ1) is 8.68. The molecular weight excluding hydrogens is 132 g/mol. The lowest BCUT2D eigenvalue weighted by Crippen LogP contribution is -2.25. The van der Waals surface area contributed by atoms with E-state index in [2.05, 4.69) is 5.32 Å². The van der Waals surface area contributed by atoms with Crippen molar-refractivity contribution in [1.82, 2.24) is 5.32 Å². The molecule has 3 N–H and O–H groups in total. The Morgan fingerprint density at radius 1 is 1.50 bits per heavy atom. The topological polar surface area (TPSA) is 72.2 Å². The van der Waals surface area contributed by atoms with Gasteiger partial charge in [0, 0.05) is 13.1 Å². The highest BCUT2D eigenvalue weighted by molar-refractivity contribution is 6.00. The molecule has 4 nitrogen and oxygen atoms in total. The van der Waals surface area contributed by atoms with Crippen LogP contribution in [-0.2, 0) is 9.59 Å². The van der Waals surface area contributed by atoms with Gasteiger partial charge in [0.05, 0.1) is 0 Å². The van der Waals surface area contributed by atoms with Gasteiger partial charge in [-0.05, 0) is 6.92 Å². The molecule has 10 heavy (non-hydrogen) atoms. The Morgan fingerprint density at radius 3 is 2.30 bits per heavy atom. The molecule has 0 saturated carbocycles. The van der Waals surface area contributed by atoms with Crippen LogP contribution in [0.3, 0.4) is 0 Å². The molecule has 0 bridgehead atoms. The van der Waals surface area contributed by atoms with E-state index >= 15 is 0 Å². The fraction of sp³-hybridized carbons (Fsp3) is 0.333. The maximum atomic E-state index is 10.6. The maximum absolute atomic E-state index is 10.6. The van der Waals surface area contributed by atoms with Crippen LogP contribution in [0.2, 0.25) is 0 Å². The average molecular weight is 142 g/mol. The zero-order valence-electron chi connectivity index (χ0n) is 5.97. The zero-order valence-corrected chi connectivity index (χ0v) is 5.97. The Balaban J connectivity index is 4.19. The first-order valence-corrected chi connectivity index (χ1v) is 2.77. The van der Waals surface area contributed by atoms with Crippen LogP contribution in [0.5, 0.6) is 0 Å². The maximum Gasteiger partial charge on any atom is 0.267 e. The summed E-state index contributed by atoms with van der Waals surface area (Å²) in [6.45, 7) is 1.33. The van der Waals surface area contributed by atoms with Gasteiger partial charge in [-0.25, -0.2) is 0 Å². The van der Waals surface area contributed by atoms with E-state index in [1.807, 2.05) is 0 Å². The van der Waals surface area contributed by atoms with Crippen molar-refractivity contribution in [2.24, 2.45) is 5.73 Å². The standard InChI is InChI=1S/C6H10N2O2/c1-4(9)3-5(7)6(10)8-2/h3H,7H2,1-2H3,(H,8,10). The highest BCUT2D eigenvalue weighted by Gasteiger charge is 2.00. The summed E-state index contributed by atoms with van der Waals surface area (Å²) in [7, 11) is 1.45. The third kappa shape index (κ3) is 2.86. The molecular formula is C6H10N2O2. The van der Waals surface area contributed by atoms with Gasteiger partial charge >= 0.3 is 0 Å². The summed E-state index contributed by atoms with van der Waals surface area (Å²) in [5.41, 5.74) is 5.10. The van der Waals surface area contributed by atoms with Crippen LogP contribution in [0.4, 0.5) is 0 Å². The number of rotatable bonds is 2. The molecule has 1 amide bonds. The molecule has 0 saturated heterocycles. The number of amides is 1. The van der Waals surface area contributed by atoms with E-state index in [1.54, 1.807) is 0 Å². The second-order valence-corrected chi connectivity index (χ2v) is 1.79. The minimum Gasteiger partial charge on any atom is -0.394 e. The van der Waals surface area contributed by atoms with Crippen LogP contribution in [0.1, 0.15) is 6.92 Å². The van der Waals surface area contributed by atoms with Crippen LogP contribution in [0.25, 0.3) is 0 Å². The van der Waals surface area contributed by atoms with Gasteiger partial charge in [0.2, 0.25) is 0 Å². The Kier molecular flexibility index (Phi) is 3.17. The monoisotopic (exact) mass is 142 g/mol. The minimum absolute atomic E-state index is 0.0602. The van der Waals surface area contributed by atoms with Gasteiger partial charge in [0.15, 0.2) is 5.78 Å². The van der Waals surface area contributed by atoms with Gasteiger partial charge in [-0.2, -0.15) is 0 Å². The number of nitrogens with one attached hydrogen (secondary N) is 1. The minimum atomic E-state index is -0.435. The van der Waals surface area contributed by atoms with Crippen molar-refractivity contribution in [1.29, 1.82) is 0 Å². The van der Waals surface area contributed by atoms with Gasteiger partial charge < -0.3 is 11.1 Å². The van der Waals surface area contributed by atoms with E-state index in [4.69, 9.17) is 5.73 Å². The average Bonchev–Trinajstić information content (AvgIpc) is 1.85. The molecule has 0 atom stereocenters. The SMILES string of the molecule is CNC(=O)C(N)=CC(C)=O. The molecule has 0 aromatic heterocycles. The highest BCUT2D eigenvalue weighted by atomic mass is 16.2. The Labute approximate surface area is 59.1 Å². The summed E-state index contributed by atoms with van der Waals surface area (Å²) < 4.78 is 0. The van der Waals surface area contributed by atoms with Crippen molar-refractivity contribution < 1.29 is 9.59 Å². The molecule has 0 aliphatic carbocycles. The molecule has 0 unspecified atom stereocenters. The smallest absolute Gasteiger partial charge is 0.267 e. The van der Waals surface area contributed by atoms with Crippen molar-refractivity contribution in [2.45, 2.75) is 6.92 Å². The van der Waals surface area contributed by atoms with Crippen LogP contribution in [0.15, 0.2) is 11.8 Å². The highest BCUT2D eigenvalue weighted by Crippen LogP contribution is 1.83. The second kappa shape index (κ2) is 3.66. The molecule has 0 aromatic carbocycles. The van der Waals surface area contributed by atoms with Crippen molar-refractivity contribution >= 4 is 11.7 Å². The number of ketones is 1. The molecule has 0 rings (SSSR count). The van der Waals surface area contributed by atoms with E-state index in [0.717, 1.165) is 6.08 Å². The van der Waals surface area contributed by atoms with E-state index in [1.165, 1.54) is 14.0 Å². The lowest BCUT2D eigenvalue weighted by atomic mass is 10.3. The summed E-state index contributed by atoms with van der Waals surface area (Å²) in [6.07, 6.45) is 1.08. The first-order chi connectivity index (χ1) is 4.57. The molecule has 0 radical (unpaired) electrons. The van der Waals surface area contributed by atoms with Crippen molar-refractivity contribution in [3.8, 4) is 0 Å². The van der Waals surface area contributed by atoms with Crippen LogP contribution in [0, 0.1) is 0 Å². The summed E-state index contributed by atoms with van der Waals surface area (Å²) in [6, 6.07) is 0. The lowest BCUT2D eigenvalue weighted by molar-refractivity contribution is -0.118. The predicted molar refractivity (Wildman–Crippen MR) is 37.0 cm³/mol. The largest absolute Gasteiger partial charge is 0.394 e. The van der Waals surface area contributed by atoms with Gasteiger partial charge in [0.25, 0.3) is 5.91 Å². The molecule has 0 aromatic rings. The van der Waals surface area contributed by atoms with Gasteiger partial charge in [-0.3, -0.25) is 9.59 Å². The fourth-order valence-corrected chi connectivity index (χ4v) is 0.429. The Morgan fingerprint density at radius 2 is 2.00 bits per heavy atom. The molecule has 4 heteroatoms. The normalized spacial score (nSPS) is 10.8. The molecule has 0 heterocycles. The summed E-state index contributed by atoms with van der Waals surface area (Å²) in [5, 5.41) is 2.29. The molecule has 56 valence electrons. The van der Waals surface area contributed by atoms with E-state index in [-0.39, 0.29) is 11.5 Å². The second-order valence-electron chi connectivity index (χ2n) is 1.79. The van der Waals surface area contributed by atoms with E-state index in [9.17, 15) is 9.59 Å². The number of nitrogens with two attached hydrogens (primary N) is 1. The van der Waals surface area contributed by atoms with Crippen molar-refractivity contribution in [3.05, 3.63) is 11.8 Å². The van der Waals surface area contributed by atoms with Gasteiger partial charge in [0.1, 0.15) is 5.70 Å². The summed E-state index contributed by atoms with van der Waals surface area (Å²) >= 11 is 0. The van der Waals surface area contributed by atoms with Crippen molar-refractivity contribution in [2.75, 3.05) is 7.05 Å². The first-order valence-electron chi connectivity index (χ1n) is 2.77. The molecule has 0 aliphatic rings. The zero-order chi connectivity index (χ0) is 8.15. The quantitative estimate of drug-likeness (QED) is 0.494. The van der Waals surface area contributed by atoms with Crippen molar-refractivity contribution in [3.63, 3.8) is 0 Å². The number of carbonyl (C=O) groups is 2. The van der Waals surface area contributed by atoms with Crippen LogP contribution < -0.4 is 11.1 Å². The Hall–Kier alpha value is -1.32. The van der Waals surface area contributed by atoms with E-state index in [0.29, 0.717) is 0 Å². The van der Waals surface area contributed by atoms with Gasteiger partial charge in [-0.15, -0.1) is 0 Å². The summed E-state index contributed by atoms with van der Waals surface area (Å²) in [4.78, 5) is 20.9. The number of hydrogen-bond donors (Lipinski definition) is 2. The lowest BCUT2D eigenvalue weighted by Gasteiger charge is -1.95. The van der Waals surface area contributed by atoms with E-state index < -0.39 is 5.91 Å². The fourth-order valence-electron chi connectivity index (χ4n) is 0.429. The third-order valence-corrected chi connectivity index (χ3v) is 0.848. The van der Waals surface area contributed by atoms with Crippen LogP contribution >= 0.6 is 0 Å². The third-order valence-electron chi connectivity index (χ3n) is 0.848. The number of hydrogen-bond acceptors (Lipinski definition) is 3. The van der Waals surface area contributed by atoms with Gasteiger partial charge in [-0.1, -0.05) is 0 Å². The predicted octanol–water partition coefficient (Wildman–Crippen LogP) is -0.836. The summed E-state index contributed by atoms with van der Waals surface area (Å²) in [5.74, 6) is -0.670. The number of likely N-dealkylation sites (N-methyl/N-ethyl adjacent to an activating group) is 1. The number of allylic oxidation sites excluding steroid dienone is 1. The number of carbonyl (C=O) groups excluding carboxylic acids is 2. The molecule has 0 fully saturated rings. The molecule has 0 spiro atoms. The Bertz CT molecular complexity index is 184. The van der Waals surface area contributed by atoms with Crippen LogP contribution in [-0.4, -0.2) is 18.7 Å². The molecule has 0 aliphatic heterocycles.